The van der Waals surface area contributed by atoms with Gasteiger partial charge in [-0.05, 0) is 60.4 Å². The molecule has 0 N–H and O–H groups in total. The summed E-state index contributed by atoms with van der Waals surface area (Å²) in [6, 6.07) is 11.8. The molecule has 0 saturated heterocycles. The van der Waals surface area contributed by atoms with E-state index in [1.54, 1.807) is 45.0 Å². The first-order valence-electron chi connectivity index (χ1n) is 12.4. The average molecular weight is 526 g/mol. The Labute approximate surface area is 221 Å². The van der Waals surface area contributed by atoms with Crippen molar-refractivity contribution in [3.8, 4) is 11.5 Å². The number of hydrogen-bond donors (Lipinski definition) is 0. The van der Waals surface area contributed by atoms with Gasteiger partial charge < -0.3 is 14.2 Å². The van der Waals surface area contributed by atoms with Gasteiger partial charge in [-0.3, -0.25) is 14.6 Å². The molecule has 37 heavy (non-hydrogen) atoms. The number of allylic oxidation sites excluding steroid dienone is 2. The Hall–Kier alpha value is -3.13. The fraction of sp³-hybridized carbons (Fsp3) is 0.414. The number of hydrogen-bond acceptors (Lipinski definition) is 7. The molecule has 0 radical (unpaired) electrons. The number of Topliss-reactive ketones (excluding diaryl/α,β-unsaturated/α-hetero) is 1. The van der Waals surface area contributed by atoms with E-state index in [-0.39, 0.29) is 24.7 Å². The normalized spacial score (nSPS) is 21.3. The first-order valence-corrected chi connectivity index (χ1v) is 13.6. The molecule has 0 fully saturated rings. The van der Waals surface area contributed by atoms with Gasteiger partial charge in [0.25, 0.3) is 0 Å². The largest absolute Gasteiger partial charge is 0.493 e. The smallest absolute Gasteiger partial charge is 0.315 e. The number of aliphatic imine (C=N–C) groups is 1. The maximum atomic E-state index is 14.3. The van der Waals surface area contributed by atoms with E-state index < -0.39 is 23.6 Å². The minimum absolute atomic E-state index is 0.0918. The third-order valence-corrected chi connectivity index (χ3v) is 7.77. The number of ether oxygens (including phenoxy) is 3. The number of ketones is 1. The zero-order chi connectivity index (χ0) is 26.5. The molecule has 1 unspecified atom stereocenters. The number of halogens is 1. The van der Waals surface area contributed by atoms with Crippen molar-refractivity contribution in [3.05, 3.63) is 70.7 Å². The lowest BCUT2D eigenvalue weighted by atomic mass is 9.69. The summed E-state index contributed by atoms with van der Waals surface area (Å²) >= 11 is 1.68. The van der Waals surface area contributed by atoms with Crippen LogP contribution in [0.3, 0.4) is 0 Å². The maximum absolute atomic E-state index is 14.3. The number of benzene rings is 2. The van der Waals surface area contributed by atoms with Crippen LogP contribution in [0, 0.1) is 11.7 Å². The Morgan fingerprint density at radius 3 is 2.57 bits per heavy atom. The van der Waals surface area contributed by atoms with Crippen molar-refractivity contribution in [3.63, 3.8) is 0 Å². The summed E-state index contributed by atoms with van der Waals surface area (Å²) in [6.45, 7) is 4.11. The lowest BCUT2D eigenvalue weighted by Gasteiger charge is -2.36. The number of esters is 1. The van der Waals surface area contributed by atoms with E-state index in [1.165, 1.54) is 12.1 Å². The van der Waals surface area contributed by atoms with Crippen molar-refractivity contribution in [2.24, 2.45) is 10.9 Å². The number of methoxy groups -OCH3 is 2. The third kappa shape index (κ3) is 5.74. The van der Waals surface area contributed by atoms with Crippen molar-refractivity contribution >= 4 is 29.2 Å². The zero-order valence-electron chi connectivity index (χ0n) is 21.6. The number of carbonyl (C=O) groups is 2. The van der Waals surface area contributed by atoms with Crippen molar-refractivity contribution in [1.82, 2.24) is 0 Å². The van der Waals surface area contributed by atoms with Gasteiger partial charge in [0.15, 0.2) is 17.3 Å². The summed E-state index contributed by atoms with van der Waals surface area (Å²) in [7, 11) is 3.15. The molecule has 2 aromatic carbocycles. The summed E-state index contributed by atoms with van der Waals surface area (Å²) in [5, 5.41) is 0. The van der Waals surface area contributed by atoms with Crippen molar-refractivity contribution < 1.29 is 28.2 Å². The van der Waals surface area contributed by atoms with Crippen molar-refractivity contribution in [2.75, 3.05) is 32.3 Å². The zero-order valence-corrected chi connectivity index (χ0v) is 22.4. The quantitative estimate of drug-likeness (QED) is 0.308. The molecule has 4 rings (SSSR count). The first kappa shape index (κ1) is 26.9. The molecule has 1 heterocycles. The number of carbonyl (C=O) groups excluding carboxylic acids is 2. The standard InChI is InChI=1S/C29H32FNO5S/c1-5-37-12-11-36-29(33)26-17(2)31-22-14-20(18-9-10-24(34-3)25(16-18)35-4)15-23(32)28(22)27(26)19-7-6-8-21(30)13-19/h6-10,13,16,20,26-27H,5,11-12,14-15H2,1-4H3/t20-,26?,27-/m1/s1. The highest BCUT2D eigenvalue weighted by atomic mass is 32.2. The summed E-state index contributed by atoms with van der Waals surface area (Å²) in [4.78, 5) is 31.7. The van der Waals surface area contributed by atoms with Gasteiger partial charge in [-0.2, -0.15) is 11.8 Å². The molecule has 0 aromatic heterocycles. The third-order valence-electron chi connectivity index (χ3n) is 6.91. The van der Waals surface area contributed by atoms with Gasteiger partial charge >= 0.3 is 5.97 Å². The molecular formula is C29H32FNO5S. The number of nitrogens with zero attached hydrogens (tertiary/aromatic N) is 1. The van der Waals surface area contributed by atoms with Gasteiger partial charge in [-0.1, -0.05) is 25.1 Å². The molecule has 0 spiro atoms. The highest BCUT2D eigenvalue weighted by Gasteiger charge is 2.45. The summed E-state index contributed by atoms with van der Waals surface area (Å²) in [5.41, 5.74) is 3.22. The van der Waals surface area contributed by atoms with Gasteiger partial charge in [0.2, 0.25) is 0 Å². The van der Waals surface area contributed by atoms with Crippen LogP contribution in [0.25, 0.3) is 0 Å². The molecule has 0 bridgehead atoms. The van der Waals surface area contributed by atoms with Gasteiger partial charge in [0.1, 0.15) is 18.3 Å². The predicted octanol–water partition coefficient (Wildman–Crippen LogP) is 5.71. The SMILES string of the molecule is CCSCCOC(=O)C1C(C)=NC2=C(C(=O)C[C@H](c3ccc(OC)c(OC)c3)C2)[C@@H]1c1cccc(F)c1. The molecule has 1 aliphatic heterocycles. The number of thioether (sulfide) groups is 1. The van der Waals surface area contributed by atoms with E-state index in [2.05, 4.69) is 0 Å². The van der Waals surface area contributed by atoms with Gasteiger partial charge in [-0.15, -0.1) is 0 Å². The molecule has 0 saturated carbocycles. The molecule has 8 heteroatoms. The van der Waals surface area contributed by atoms with E-state index >= 15 is 0 Å². The second kappa shape index (κ2) is 11.9. The molecular weight excluding hydrogens is 493 g/mol. The lowest BCUT2D eigenvalue weighted by Crippen LogP contribution is -2.38. The number of rotatable bonds is 9. The van der Waals surface area contributed by atoms with E-state index in [4.69, 9.17) is 19.2 Å². The van der Waals surface area contributed by atoms with Crippen LogP contribution in [0.5, 0.6) is 11.5 Å². The summed E-state index contributed by atoms with van der Waals surface area (Å²) < 4.78 is 30.7. The fourth-order valence-corrected chi connectivity index (χ4v) is 5.69. The maximum Gasteiger partial charge on any atom is 0.315 e. The lowest BCUT2D eigenvalue weighted by molar-refractivity contribution is -0.145. The first-order chi connectivity index (χ1) is 17.9. The van der Waals surface area contributed by atoms with Crippen LogP contribution < -0.4 is 9.47 Å². The van der Waals surface area contributed by atoms with Crippen LogP contribution in [-0.4, -0.2) is 49.8 Å². The van der Waals surface area contributed by atoms with Crippen LogP contribution in [0.15, 0.2) is 58.7 Å². The predicted molar refractivity (Wildman–Crippen MR) is 143 cm³/mol. The van der Waals surface area contributed by atoms with E-state index in [0.717, 1.165) is 11.3 Å². The van der Waals surface area contributed by atoms with Gasteiger partial charge in [0.05, 0.1) is 14.2 Å². The van der Waals surface area contributed by atoms with Crippen LogP contribution in [0.1, 0.15) is 49.7 Å². The van der Waals surface area contributed by atoms with E-state index in [9.17, 15) is 14.0 Å². The summed E-state index contributed by atoms with van der Waals surface area (Å²) in [6.07, 6.45) is 0.776. The van der Waals surface area contributed by atoms with E-state index in [0.29, 0.717) is 46.2 Å². The minimum atomic E-state index is -0.784. The molecule has 1 aliphatic carbocycles. The van der Waals surface area contributed by atoms with Crippen LogP contribution in [0.4, 0.5) is 4.39 Å². The topological polar surface area (TPSA) is 74.2 Å². The average Bonchev–Trinajstić information content (AvgIpc) is 2.89. The Bertz CT molecular complexity index is 1240. The van der Waals surface area contributed by atoms with Crippen LogP contribution in [-0.2, 0) is 14.3 Å². The monoisotopic (exact) mass is 525 g/mol. The summed E-state index contributed by atoms with van der Waals surface area (Å²) in [5.74, 6) is 0.348. The highest BCUT2D eigenvalue weighted by Crippen LogP contribution is 2.47. The van der Waals surface area contributed by atoms with Crippen molar-refractivity contribution in [1.29, 1.82) is 0 Å². The molecule has 0 amide bonds. The molecule has 196 valence electrons. The van der Waals surface area contributed by atoms with Gasteiger partial charge in [-0.25, -0.2) is 4.39 Å². The second-order valence-electron chi connectivity index (χ2n) is 9.13. The van der Waals surface area contributed by atoms with Crippen LogP contribution >= 0.6 is 11.8 Å². The van der Waals surface area contributed by atoms with E-state index in [1.807, 2.05) is 25.1 Å². The highest BCUT2D eigenvalue weighted by molar-refractivity contribution is 7.99. The minimum Gasteiger partial charge on any atom is -0.493 e. The Morgan fingerprint density at radius 2 is 1.86 bits per heavy atom. The molecule has 2 aliphatic rings. The Kier molecular flexibility index (Phi) is 8.69. The molecule has 6 nitrogen and oxygen atoms in total. The van der Waals surface area contributed by atoms with Crippen LogP contribution in [0.2, 0.25) is 0 Å². The fourth-order valence-electron chi connectivity index (χ4n) is 5.20. The van der Waals surface area contributed by atoms with Crippen molar-refractivity contribution in [2.45, 2.75) is 38.5 Å². The molecule has 3 atom stereocenters. The molecule has 2 aromatic rings. The Balaban J connectivity index is 1.71. The van der Waals surface area contributed by atoms with Gasteiger partial charge in [0, 0.05) is 35.1 Å². The Morgan fingerprint density at radius 1 is 1.08 bits per heavy atom. The second-order valence-corrected chi connectivity index (χ2v) is 10.5.